The van der Waals surface area contributed by atoms with Crippen molar-refractivity contribution >= 4 is 11.7 Å². The van der Waals surface area contributed by atoms with Crippen LogP contribution >= 0.6 is 0 Å². The third kappa shape index (κ3) is 4.23. The van der Waals surface area contributed by atoms with Gasteiger partial charge in [0, 0.05) is 24.2 Å². The molecule has 152 valence electrons. The molecule has 0 saturated heterocycles. The minimum absolute atomic E-state index is 0.168. The first-order valence-electron chi connectivity index (χ1n) is 9.86. The Morgan fingerprint density at radius 3 is 2.76 bits per heavy atom. The highest BCUT2D eigenvalue weighted by atomic mass is 19.1. The summed E-state index contributed by atoms with van der Waals surface area (Å²) in [6.07, 6.45) is 4.42. The van der Waals surface area contributed by atoms with Crippen LogP contribution in [0.15, 0.2) is 41.1 Å². The number of anilines is 1. The largest absolute Gasteiger partial charge is 0.360 e. The molecular weight excluding hydrogens is 371 g/mol. The van der Waals surface area contributed by atoms with E-state index in [-0.39, 0.29) is 17.1 Å². The summed E-state index contributed by atoms with van der Waals surface area (Å²) in [5.74, 6) is 1.16. The zero-order valence-corrected chi connectivity index (χ0v) is 16.9. The van der Waals surface area contributed by atoms with Gasteiger partial charge in [-0.05, 0) is 41.9 Å². The summed E-state index contributed by atoms with van der Waals surface area (Å²) >= 11 is 0. The Labute approximate surface area is 169 Å². The topological polar surface area (TPSA) is 73.0 Å². The first-order chi connectivity index (χ1) is 13.8. The molecule has 4 rings (SSSR count). The van der Waals surface area contributed by atoms with Gasteiger partial charge < -0.3 is 9.84 Å². The van der Waals surface area contributed by atoms with Gasteiger partial charge in [0.1, 0.15) is 11.6 Å². The Morgan fingerprint density at radius 1 is 1.28 bits per heavy atom. The molecule has 2 aromatic heterocycles. The van der Waals surface area contributed by atoms with Gasteiger partial charge in [0.15, 0.2) is 11.5 Å². The summed E-state index contributed by atoms with van der Waals surface area (Å²) in [6.45, 7) is 7.17. The highest BCUT2D eigenvalue weighted by molar-refractivity contribution is 6.03. The number of carbonyl (C=O) groups is 1. The fourth-order valence-corrected chi connectivity index (χ4v) is 3.79. The minimum Gasteiger partial charge on any atom is -0.360 e. The third-order valence-electron chi connectivity index (χ3n) is 5.62. The van der Waals surface area contributed by atoms with Crippen LogP contribution in [0.25, 0.3) is 0 Å². The first-order valence-corrected chi connectivity index (χ1v) is 9.86. The van der Waals surface area contributed by atoms with Crippen molar-refractivity contribution in [2.24, 2.45) is 11.3 Å². The van der Waals surface area contributed by atoms with Crippen molar-refractivity contribution in [1.82, 2.24) is 14.9 Å². The van der Waals surface area contributed by atoms with Crippen molar-refractivity contribution in [2.75, 3.05) is 5.32 Å². The number of hydrogen-bond donors (Lipinski definition) is 1. The summed E-state index contributed by atoms with van der Waals surface area (Å²) in [7, 11) is 0. The zero-order valence-electron chi connectivity index (χ0n) is 16.9. The second kappa shape index (κ2) is 7.46. The van der Waals surface area contributed by atoms with E-state index in [4.69, 9.17) is 4.52 Å². The van der Waals surface area contributed by atoms with E-state index in [1.165, 1.54) is 12.1 Å². The quantitative estimate of drug-likeness (QED) is 0.707. The van der Waals surface area contributed by atoms with Crippen molar-refractivity contribution in [3.05, 3.63) is 64.9 Å². The Kier molecular flexibility index (Phi) is 4.98. The number of rotatable bonds is 4. The number of halogens is 1. The molecule has 1 atom stereocenters. The maximum absolute atomic E-state index is 13.0. The number of nitrogens with zero attached hydrogens (tertiary/aromatic N) is 3. The Morgan fingerprint density at radius 2 is 2.03 bits per heavy atom. The summed E-state index contributed by atoms with van der Waals surface area (Å²) in [6, 6.07) is 7.98. The molecule has 0 spiro atoms. The van der Waals surface area contributed by atoms with Crippen LogP contribution < -0.4 is 5.32 Å². The molecule has 0 saturated carbocycles. The summed E-state index contributed by atoms with van der Waals surface area (Å²) in [5.41, 5.74) is 2.36. The van der Waals surface area contributed by atoms with Crippen LogP contribution in [0.5, 0.6) is 0 Å². The van der Waals surface area contributed by atoms with Gasteiger partial charge in [-0.1, -0.05) is 38.1 Å². The first kappa shape index (κ1) is 19.4. The van der Waals surface area contributed by atoms with Crippen LogP contribution in [0.1, 0.15) is 54.6 Å². The minimum atomic E-state index is -0.309. The number of carbonyl (C=O) groups excluding carboxylic acids is 1. The lowest BCUT2D eigenvalue weighted by Gasteiger charge is -2.33. The van der Waals surface area contributed by atoms with Gasteiger partial charge in [-0.3, -0.25) is 9.48 Å². The van der Waals surface area contributed by atoms with Crippen LogP contribution in [-0.2, 0) is 19.4 Å². The number of nitrogens with one attached hydrogen (secondary N) is 1. The van der Waals surface area contributed by atoms with E-state index in [2.05, 4.69) is 36.3 Å². The van der Waals surface area contributed by atoms with Crippen molar-refractivity contribution in [1.29, 1.82) is 0 Å². The SMILES string of the molecule is CC(C)(C)C1CCc2onc(C(=O)Nc3ccn(Cc4ccc(F)cc4)n3)c2C1. The normalized spacial score (nSPS) is 16.5. The molecule has 0 radical (unpaired) electrons. The number of benzene rings is 1. The standard InChI is InChI=1S/C22H25FN4O2/c1-22(2,3)15-6-9-18-17(12-15)20(26-29-18)21(28)24-19-10-11-27(25-19)13-14-4-7-16(23)8-5-14/h4-5,7-8,10-11,15H,6,9,12-13H2,1-3H3,(H,24,25,28). The Bertz CT molecular complexity index is 1010. The molecule has 1 N–H and O–H groups in total. The van der Waals surface area contributed by atoms with Crippen LogP contribution in [0.4, 0.5) is 10.2 Å². The highest BCUT2D eigenvalue weighted by Gasteiger charge is 2.34. The maximum atomic E-state index is 13.0. The molecule has 0 fully saturated rings. The molecule has 6 nitrogen and oxygen atoms in total. The monoisotopic (exact) mass is 396 g/mol. The van der Waals surface area contributed by atoms with Crippen LogP contribution in [0.2, 0.25) is 0 Å². The fraction of sp³-hybridized carbons (Fsp3) is 0.409. The average Bonchev–Trinajstić information content (AvgIpc) is 3.29. The van der Waals surface area contributed by atoms with E-state index in [1.54, 1.807) is 29.1 Å². The molecule has 1 aliphatic carbocycles. The van der Waals surface area contributed by atoms with E-state index in [9.17, 15) is 9.18 Å². The zero-order chi connectivity index (χ0) is 20.6. The molecule has 0 bridgehead atoms. The Hall–Kier alpha value is -2.96. The van der Waals surface area contributed by atoms with Gasteiger partial charge in [-0.2, -0.15) is 5.10 Å². The third-order valence-corrected chi connectivity index (χ3v) is 5.62. The number of amides is 1. The Balaban J connectivity index is 1.45. The second-order valence-corrected chi connectivity index (χ2v) is 8.72. The van der Waals surface area contributed by atoms with Gasteiger partial charge in [0.05, 0.1) is 6.54 Å². The molecule has 1 aromatic carbocycles. The predicted octanol–water partition coefficient (Wildman–Crippen LogP) is 4.46. The lowest BCUT2D eigenvalue weighted by atomic mass is 9.71. The van der Waals surface area contributed by atoms with Gasteiger partial charge >= 0.3 is 0 Å². The molecule has 1 amide bonds. The molecule has 29 heavy (non-hydrogen) atoms. The van der Waals surface area contributed by atoms with Crippen molar-refractivity contribution < 1.29 is 13.7 Å². The van der Waals surface area contributed by atoms with E-state index in [0.29, 0.717) is 24.0 Å². The van der Waals surface area contributed by atoms with Gasteiger partial charge in [-0.15, -0.1) is 0 Å². The molecule has 0 aliphatic heterocycles. The van der Waals surface area contributed by atoms with Gasteiger partial charge in [0.2, 0.25) is 0 Å². The highest BCUT2D eigenvalue weighted by Crippen LogP contribution is 2.38. The van der Waals surface area contributed by atoms with Crippen LogP contribution in [0.3, 0.4) is 0 Å². The number of aromatic nitrogens is 3. The maximum Gasteiger partial charge on any atom is 0.279 e. The van der Waals surface area contributed by atoms with E-state index >= 15 is 0 Å². The molecule has 1 unspecified atom stereocenters. The van der Waals surface area contributed by atoms with Crippen molar-refractivity contribution in [2.45, 2.75) is 46.6 Å². The van der Waals surface area contributed by atoms with Gasteiger partial charge in [-0.25, -0.2) is 4.39 Å². The van der Waals surface area contributed by atoms with E-state index in [0.717, 1.165) is 36.1 Å². The smallest absolute Gasteiger partial charge is 0.279 e. The fourth-order valence-electron chi connectivity index (χ4n) is 3.79. The molecule has 2 heterocycles. The summed E-state index contributed by atoms with van der Waals surface area (Å²) in [5, 5.41) is 11.2. The van der Waals surface area contributed by atoms with Crippen LogP contribution in [0, 0.1) is 17.2 Å². The number of hydrogen-bond acceptors (Lipinski definition) is 4. The summed E-state index contributed by atoms with van der Waals surface area (Å²) in [4.78, 5) is 12.8. The molecule has 1 aliphatic rings. The number of aryl methyl sites for hydroxylation is 1. The lowest BCUT2D eigenvalue weighted by molar-refractivity contribution is 0.101. The van der Waals surface area contributed by atoms with E-state index in [1.807, 2.05) is 0 Å². The predicted molar refractivity (Wildman–Crippen MR) is 107 cm³/mol. The van der Waals surface area contributed by atoms with Crippen molar-refractivity contribution in [3.8, 4) is 0 Å². The average molecular weight is 396 g/mol. The van der Waals surface area contributed by atoms with Crippen LogP contribution in [-0.4, -0.2) is 20.8 Å². The lowest BCUT2D eigenvalue weighted by Crippen LogP contribution is -2.27. The second-order valence-electron chi connectivity index (χ2n) is 8.72. The van der Waals surface area contributed by atoms with E-state index < -0.39 is 0 Å². The summed E-state index contributed by atoms with van der Waals surface area (Å²) < 4.78 is 20.2. The van der Waals surface area contributed by atoms with Gasteiger partial charge in [0.25, 0.3) is 5.91 Å². The number of fused-ring (bicyclic) bond motifs is 1. The molecular formula is C22H25FN4O2. The molecule has 7 heteroatoms. The molecule has 3 aromatic rings. The van der Waals surface area contributed by atoms with Crippen molar-refractivity contribution in [3.63, 3.8) is 0 Å².